The molecule has 0 aliphatic heterocycles. The molecule has 1 aromatic heterocycles. The Bertz CT molecular complexity index is 842. The van der Waals surface area contributed by atoms with Crippen molar-refractivity contribution in [3.63, 3.8) is 0 Å². The second kappa shape index (κ2) is 10.5. The van der Waals surface area contributed by atoms with Crippen molar-refractivity contribution in [1.82, 2.24) is 9.97 Å². The number of para-hydroxylation sites is 2. The molecule has 0 amide bonds. The van der Waals surface area contributed by atoms with Crippen LogP contribution in [0.1, 0.15) is 38.2 Å². The summed E-state index contributed by atoms with van der Waals surface area (Å²) in [5.74, 6) is -1.02. The van der Waals surface area contributed by atoms with Gasteiger partial charge < -0.3 is 14.4 Å². The number of halogens is 6. The molecule has 0 spiro atoms. The number of anilines is 2. The van der Waals surface area contributed by atoms with Gasteiger partial charge in [-0.3, -0.25) is 0 Å². The van der Waals surface area contributed by atoms with Gasteiger partial charge in [-0.2, -0.15) is 31.3 Å². The number of hydrogen-bond donors (Lipinski definition) is 0. The molecule has 2 aromatic rings. The lowest BCUT2D eigenvalue weighted by atomic mass is 10.2. The average molecular weight is 451 g/mol. The summed E-state index contributed by atoms with van der Waals surface area (Å²) in [7, 11) is 1.47. The summed E-state index contributed by atoms with van der Waals surface area (Å²) >= 11 is 0. The van der Waals surface area contributed by atoms with Gasteiger partial charge in [0.05, 0.1) is 12.3 Å². The minimum Gasteiger partial charge on any atom is -0.491 e. The van der Waals surface area contributed by atoms with Crippen molar-refractivity contribution in [2.45, 2.75) is 45.0 Å². The topological polar surface area (TPSA) is 47.5 Å². The molecule has 1 heterocycles. The van der Waals surface area contributed by atoms with E-state index in [1.165, 1.54) is 11.9 Å². The van der Waals surface area contributed by atoms with Gasteiger partial charge in [-0.15, -0.1) is 0 Å². The van der Waals surface area contributed by atoms with E-state index in [0.29, 0.717) is 24.2 Å². The first-order chi connectivity index (χ1) is 14.5. The fourth-order valence-electron chi connectivity index (χ4n) is 2.65. The van der Waals surface area contributed by atoms with E-state index in [-0.39, 0.29) is 5.95 Å². The Kier molecular flexibility index (Phi) is 8.35. The predicted molar refractivity (Wildman–Crippen MR) is 103 cm³/mol. The number of rotatable bonds is 10. The van der Waals surface area contributed by atoms with Crippen LogP contribution in [0.5, 0.6) is 11.6 Å². The zero-order valence-corrected chi connectivity index (χ0v) is 17.1. The van der Waals surface area contributed by atoms with Crippen LogP contribution in [0.3, 0.4) is 0 Å². The van der Waals surface area contributed by atoms with Crippen molar-refractivity contribution in [2.75, 3.05) is 25.2 Å². The highest BCUT2D eigenvalue weighted by atomic mass is 19.4. The Hall–Kier alpha value is -2.72. The molecule has 5 nitrogen and oxygen atoms in total. The molecule has 172 valence electrons. The van der Waals surface area contributed by atoms with Crippen LogP contribution in [0.25, 0.3) is 0 Å². The monoisotopic (exact) mass is 451 g/mol. The lowest BCUT2D eigenvalue weighted by molar-refractivity contribution is -0.159. The Balaban J connectivity index is 2.27. The number of aromatic nitrogens is 2. The first-order valence-electron chi connectivity index (χ1n) is 9.62. The van der Waals surface area contributed by atoms with Crippen molar-refractivity contribution in [2.24, 2.45) is 0 Å². The van der Waals surface area contributed by atoms with Crippen molar-refractivity contribution >= 4 is 11.6 Å². The van der Waals surface area contributed by atoms with Crippen LogP contribution in [-0.2, 0) is 6.18 Å². The van der Waals surface area contributed by atoms with E-state index in [9.17, 15) is 26.3 Å². The third kappa shape index (κ3) is 7.48. The molecule has 0 radical (unpaired) electrons. The molecule has 0 saturated heterocycles. The zero-order chi connectivity index (χ0) is 23.1. The van der Waals surface area contributed by atoms with E-state index in [0.717, 1.165) is 25.7 Å². The summed E-state index contributed by atoms with van der Waals surface area (Å²) in [6.45, 7) is 0.619. The highest BCUT2D eigenvalue weighted by molar-refractivity contribution is 5.65. The van der Waals surface area contributed by atoms with Crippen LogP contribution in [-0.4, -0.2) is 36.4 Å². The van der Waals surface area contributed by atoms with Crippen LogP contribution in [0.4, 0.5) is 38.0 Å². The van der Waals surface area contributed by atoms with Crippen LogP contribution >= 0.6 is 0 Å². The third-order valence-electron chi connectivity index (χ3n) is 4.20. The van der Waals surface area contributed by atoms with Gasteiger partial charge in [0.2, 0.25) is 11.8 Å². The summed E-state index contributed by atoms with van der Waals surface area (Å²) in [6, 6.07) is 6.72. The summed E-state index contributed by atoms with van der Waals surface area (Å²) in [5, 5.41) is 0. The van der Waals surface area contributed by atoms with Gasteiger partial charge in [-0.05, 0) is 18.6 Å². The second-order valence-electron chi connectivity index (χ2n) is 6.73. The maximum atomic E-state index is 13.1. The lowest BCUT2D eigenvalue weighted by Crippen LogP contribution is -2.23. The predicted octanol–water partition coefficient (Wildman–Crippen LogP) is 6.16. The first kappa shape index (κ1) is 24.5. The maximum absolute atomic E-state index is 13.1. The largest absolute Gasteiger partial charge is 0.491 e. The van der Waals surface area contributed by atoms with E-state index in [4.69, 9.17) is 4.74 Å². The van der Waals surface area contributed by atoms with Gasteiger partial charge in [0.1, 0.15) is 11.3 Å². The average Bonchev–Trinajstić information content (AvgIpc) is 2.70. The van der Waals surface area contributed by atoms with Gasteiger partial charge in [-0.25, -0.2) is 4.98 Å². The fraction of sp³-hybridized carbons (Fsp3) is 0.500. The summed E-state index contributed by atoms with van der Waals surface area (Å²) < 4.78 is 86.9. The van der Waals surface area contributed by atoms with Gasteiger partial charge in [-0.1, -0.05) is 38.3 Å². The van der Waals surface area contributed by atoms with Crippen molar-refractivity contribution in [3.05, 3.63) is 36.0 Å². The summed E-state index contributed by atoms with van der Waals surface area (Å²) in [6.07, 6.45) is -5.42. The molecule has 0 N–H and O–H groups in total. The van der Waals surface area contributed by atoms with Crippen molar-refractivity contribution < 1.29 is 35.8 Å². The number of benzene rings is 1. The van der Waals surface area contributed by atoms with E-state index in [2.05, 4.69) is 21.6 Å². The molecule has 0 aliphatic carbocycles. The van der Waals surface area contributed by atoms with E-state index >= 15 is 0 Å². The molecular weight excluding hydrogens is 428 g/mol. The molecule has 0 aliphatic rings. The second-order valence-corrected chi connectivity index (χ2v) is 6.73. The first-order valence-corrected chi connectivity index (χ1v) is 9.62. The molecule has 0 atom stereocenters. The van der Waals surface area contributed by atoms with Gasteiger partial charge >= 0.3 is 12.4 Å². The Morgan fingerprint density at radius 2 is 1.68 bits per heavy atom. The van der Waals surface area contributed by atoms with Crippen LogP contribution in [0, 0.1) is 0 Å². The number of nitrogens with zero attached hydrogens (tertiary/aromatic N) is 3. The molecule has 0 fully saturated rings. The van der Waals surface area contributed by atoms with Crippen molar-refractivity contribution in [1.29, 1.82) is 0 Å². The number of alkyl halides is 6. The molecule has 0 saturated carbocycles. The smallest absolute Gasteiger partial charge is 0.423 e. The number of ether oxygens (including phenoxy) is 2. The van der Waals surface area contributed by atoms with Gasteiger partial charge in [0.25, 0.3) is 0 Å². The van der Waals surface area contributed by atoms with Crippen LogP contribution in [0.2, 0.25) is 0 Å². The highest BCUT2D eigenvalue weighted by Crippen LogP contribution is 2.37. The summed E-state index contributed by atoms with van der Waals surface area (Å²) in [4.78, 5) is 8.59. The number of unbranched alkanes of at least 4 members (excludes halogenated alkanes) is 3. The molecule has 1 aromatic carbocycles. The standard InChI is InChI=1S/C20H23F6N3O2/c1-3-4-5-8-11-30-16-10-7-6-9-15(16)29(2)18-27-12-14(20(24,25)26)17(28-18)31-13-19(21,22)23/h6-7,9-10,12H,3-5,8,11,13H2,1-2H3. The maximum Gasteiger partial charge on any atom is 0.423 e. The molecule has 31 heavy (non-hydrogen) atoms. The SMILES string of the molecule is CCCCCCOc1ccccc1N(C)c1ncc(C(F)(F)F)c(OCC(F)(F)F)n1. The zero-order valence-electron chi connectivity index (χ0n) is 17.1. The highest BCUT2D eigenvalue weighted by Gasteiger charge is 2.38. The minimum atomic E-state index is -4.97. The lowest BCUT2D eigenvalue weighted by Gasteiger charge is -2.22. The fourth-order valence-corrected chi connectivity index (χ4v) is 2.65. The molecule has 0 bridgehead atoms. The number of hydrogen-bond acceptors (Lipinski definition) is 5. The molecule has 11 heteroatoms. The van der Waals surface area contributed by atoms with Gasteiger partial charge in [0, 0.05) is 13.2 Å². The van der Waals surface area contributed by atoms with E-state index in [1.807, 2.05) is 0 Å². The van der Waals surface area contributed by atoms with Crippen molar-refractivity contribution in [3.8, 4) is 11.6 Å². The molecule has 0 unspecified atom stereocenters. The van der Waals surface area contributed by atoms with Gasteiger partial charge in [0.15, 0.2) is 6.61 Å². The Morgan fingerprint density at radius 1 is 0.968 bits per heavy atom. The molecular formula is C20H23F6N3O2. The normalized spacial score (nSPS) is 12.0. The van der Waals surface area contributed by atoms with E-state index in [1.54, 1.807) is 24.3 Å². The van der Waals surface area contributed by atoms with Crippen LogP contribution in [0.15, 0.2) is 30.5 Å². The quantitative estimate of drug-likeness (QED) is 0.320. The Morgan fingerprint density at radius 3 is 2.32 bits per heavy atom. The molecule has 2 rings (SSSR count). The minimum absolute atomic E-state index is 0.271. The third-order valence-corrected chi connectivity index (χ3v) is 4.20. The summed E-state index contributed by atoms with van der Waals surface area (Å²) in [5.41, 5.74) is -1.05. The Labute approximate surface area is 176 Å². The van der Waals surface area contributed by atoms with E-state index < -0.39 is 30.4 Å². The van der Waals surface area contributed by atoms with Crippen LogP contribution < -0.4 is 14.4 Å².